The number of hydrogen-bond acceptors (Lipinski definition) is 2. The molecule has 7 aromatic carbocycles. The first-order chi connectivity index (χ1) is 31.0. The first kappa shape index (κ1) is 12.3. The molecular weight excluding hydrogens is 548 g/mol. The Morgan fingerprint density at radius 1 is 0.489 bits per heavy atom. The number of rotatable bonds is 4. The molecule has 212 valence electrons. The fourth-order valence-electron chi connectivity index (χ4n) is 5.87. The van der Waals surface area contributed by atoms with Crippen molar-refractivity contribution >= 4 is 21.9 Å². The maximum Gasteiger partial charge on any atom is 0.143 e. The van der Waals surface area contributed by atoms with Crippen LogP contribution in [-0.2, 0) is 5.41 Å². The molecule has 45 heavy (non-hydrogen) atoms. The van der Waals surface area contributed by atoms with Gasteiger partial charge in [0, 0.05) is 27.5 Å². The van der Waals surface area contributed by atoms with Crippen molar-refractivity contribution in [3.63, 3.8) is 0 Å². The molecule has 0 bridgehead atoms. The third kappa shape index (κ3) is 3.82. The van der Waals surface area contributed by atoms with Crippen molar-refractivity contribution in [2.75, 3.05) is 0 Å². The number of fused-ring (bicyclic) bond motifs is 5. The van der Waals surface area contributed by atoms with Gasteiger partial charge in [0.05, 0.1) is 34.2 Å². The Morgan fingerprint density at radius 2 is 1.13 bits per heavy atom. The lowest BCUT2D eigenvalue weighted by molar-refractivity contribution is 0.435. The van der Waals surface area contributed by atoms with Gasteiger partial charge in [-0.25, -0.2) is 0 Å². The van der Waals surface area contributed by atoms with Crippen molar-refractivity contribution in [3.8, 4) is 33.8 Å². The Morgan fingerprint density at radius 3 is 1.93 bits per heavy atom. The maximum atomic E-state index is 9.92. The van der Waals surface area contributed by atoms with Gasteiger partial charge in [-0.3, -0.25) is 0 Å². The minimum Gasteiger partial charge on any atom is -0.457 e. The van der Waals surface area contributed by atoms with E-state index in [-0.39, 0.29) is 16.7 Å². The first-order valence-electron chi connectivity index (χ1n) is 24.1. The second kappa shape index (κ2) is 10.1. The maximum absolute atomic E-state index is 9.92. The van der Waals surface area contributed by atoms with Crippen molar-refractivity contribution in [2.45, 2.75) is 5.41 Å². The van der Waals surface area contributed by atoms with Gasteiger partial charge in [0.25, 0.3) is 0 Å². The van der Waals surface area contributed by atoms with Crippen LogP contribution in [0.5, 0.6) is 11.5 Å². The molecule has 2 heterocycles. The van der Waals surface area contributed by atoms with E-state index in [9.17, 15) is 13.7 Å². The Kier molecular flexibility index (Phi) is 2.75. The summed E-state index contributed by atoms with van der Waals surface area (Å²) in [6.45, 7) is 0. The lowest BCUT2D eigenvalue weighted by Crippen LogP contribution is -2.34. The predicted molar refractivity (Wildman–Crippen MR) is 183 cm³/mol. The van der Waals surface area contributed by atoms with Gasteiger partial charge < -0.3 is 9.15 Å². The molecule has 1 aliphatic heterocycles. The summed E-state index contributed by atoms with van der Waals surface area (Å²) in [6.07, 6.45) is 0. The Labute approximate surface area is 291 Å². The normalized spacial score (nSPS) is 19.8. The van der Waals surface area contributed by atoms with E-state index in [0.29, 0.717) is 16.4 Å². The number of hydrogen-bond donors (Lipinski definition) is 0. The summed E-state index contributed by atoms with van der Waals surface area (Å²) in [5.74, 6) is -1.84. The molecule has 2 heteroatoms. The van der Waals surface area contributed by atoms with Crippen LogP contribution >= 0.6 is 0 Å². The number of para-hydroxylation sites is 3. The molecule has 0 fully saturated rings. The highest BCUT2D eigenvalue weighted by Crippen LogP contribution is 2.56. The molecule has 9 rings (SSSR count). The van der Waals surface area contributed by atoms with Gasteiger partial charge in [0.1, 0.15) is 22.7 Å². The van der Waals surface area contributed by atoms with Crippen LogP contribution in [0.15, 0.2) is 174 Å². The Balaban J connectivity index is 1.56. The average molecular weight is 598 g/mol. The van der Waals surface area contributed by atoms with E-state index in [4.69, 9.17) is 24.2 Å². The van der Waals surface area contributed by atoms with E-state index in [1.807, 2.05) is 0 Å². The molecular formula is C43H28O2. The molecule has 1 aliphatic rings. The molecule has 0 radical (unpaired) electrons. The van der Waals surface area contributed by atoms with E-state index in [0.717, 1.165) is 0 Å². The molecule has 0 saturated carbocycles. The number of ether oxygens (including phenoxy) is 1. The lowest BCUT2D eigenvalue weighted by Gasteiger charge is -2.41. The zero-order valence-electron chi connectivity index (χ0n) is 43.9. The molecule has 0 N–H and O–H groups in total. The molecule has 8 aromatic rings. The fraction of sp³-hybridized carbons (Fsp3) is 0.0233. The highest BCUT2D eigenvalue weighted by atomic mass is 16.5. The van der Waals surface area contributed by atoms with Gasteiger partial charge in [0.15, 0.2) is 0 Å². The van der Waals surface area contributed by atoms with E-state index in [2.05, 4.69) is 0 Å². The van der Waals surface area contributed by atoms with Crippen LogP contribution in [-0.4, -0.2) is 0 Å². The van der Waals surface area contributed by atoms with Gasteiger partial charge in [-0.2, -0.15) is 0 Å². The third-order valence-corrected chi connectivity index (χ3v) is 7.75. The Bertz CT molecular complexity index is 3380. The van der Waals surface area contributed by atoms with E-state index in [1.54, 1.807) is 36.4 Å². The van der Waals surface area contributed by atoms with Crippen molar-refractivity contribution in [1.82, 2.24) is 0 Å². The highest BCUT2D eigenvalue weighted by molar-refractivity contribution is 6.10. The highest BCUT2D eigenvalue weighted by Gasteiger charge is 2.45. The van der Waals surface area contributed by atoms with Gasteiger partial charge >= 0.3 is 0 Å². The van der Waals surface area contributed by atoms with Crippen LogP contribution < -0.4 is 4.74 Å². The molecule has 0 aliphatic carbocycles. The van der Waals surface area contributed by atoms with Gasteiger partial charge in [-0.1, -0.05) is 151 Å². The summed E-state index contributed by atoms with van der Waals surface area (Å²) in [5, 5.41) is 1.18. The lowest BCUT2D eigenvalue weighted by atomic mass is 9.63. The van der Waals surface area contributed by atoms with Crippen LogP contribution in [0.4, 0.5) is 0 Å². The largest absolute Gasteiger partial charge is 0.457 e. The summed E-state index contributed by atoms with van der Waals surface area (Å²) in [7, 11) is 0. The van der Waals surface area contributed by atoms with Crippen molar-refractivity contribution in [3.05, 3.63) is 192 Å². The zero-order chi connectivity index (χ0) is 48.1. The molecule has 0 spiro atoms. The van der Waals surface area contributed by atoms with Crippen LogP contribution in [0.25, 0.3) is 44.2 Å². The first-order valence-corrected chi connectivity index (χ1v) is 13.6. The van der Waals surface area contributed by atoms with E-state index < -0.39 is 177 Å². The van der Waals surface area contributed by atoms with Crippen LogP contribution in [0, 0.1) is 0 Å². The smallest absolute Gasteiger partial charge is 0.143 e. The zero-order valence-corrected chi connectivity index (χ0v) is 22.9. The van der Waals surface area contributed by atoms with Crippen LogP contribution in [0.3, 0.4) is 0 Å². The minimum atomic E-state index is -3.19. The third-order valence-electron chi connectivity index (χ3n) is 7.75. The van der Waals surface area contributed by atoms with Crippen molar-refractivity contribution in [2.24, 2.45) is 0 Å². The molecule has 0 unspecified atom stereocenters. The molecule has 1 aromatic heterocycles. The second-order valence-electron chi connectivity index (χ2n) is 10.0. The average Bonchev–Trinajstić information content (AvgIpc) is 3.69. The summed E-state index contributed by atoms with van der Waals surface area (Å²) < 4.78 is 203. The standard InChI is InChI=1S/C43H28O2/c1-3-14-30(15-4-1)43(31-16-5-2-6-17-31)37-23-10-12-25-40(37)44-41-28-29(26-27-38(41)43)32-18-7-8-19-33(32)35-21-13-22-36-34-20-9-11-24-39(34)45-42(35)36/h1-28H/i1D,2D,3D,4D,5D,6D,7D,8D,10D,12D,14D,15D,16D,17D,18D,19D,23D,25D,26D,27D,28D. The topological polar surface area (TPSA) is 22.4 Å². The molecule has 0 saturated heterocycles. The fourth-order valence-corrected chi connectivity index (χ4v) is 5.87. The Hall–Kier alpha value is -5.86. The van der Waals surface area contributed by atoms with Gasteiger partial charge in [-0.05, 0) is 46.0 Å². The van der Waals surface area contributed by atoms with Crippen molar-refractivity contribution in [1.29, 1.82) is 0 Å². The molecule has 2 nitrogen and oxygen atoms in total. The van der Waals surface area contributed by atoms with E-state index in [1.165, 1.54) is 6.07 Å². The number of furan rings is 1. The molecule has 0 amide bonds. The van der Waals surface area contributed by atoms with Gasteiger partial charge in [0.2, 0.25) is 0 Å². The number of benzene rings is 7. The minimum absolute atomic E-state index is 0.0711. The second-order valence-corrected chi connectivity index (χ2v) is 10.0. The van der Waals surface area contributed by atoms with Crippen LogP contribution in [0.2, 0.25) is 0 Å². The monoisotopic (exact) mass is 597 g/mol. The predicted octanol–water partition coefficient (Wildman–Crippen LogP) is 11.4. The summed E-state index contributed by atoms with van der Waals surface area (Å²) in [4.78, 5) is 0. The summed E-state index contributed by atoms with van der Waals surface area (Å²) in [6, 6.07) is -8.96. The summed E-state index contributed by atoms with van der Waals surface area (Å²) >= 11 is 0. The van der Waals surface area contributed by atoms with E-state index >= 15 is 0 Å². The van der Waals surface area contributed by atoms with Crippen LogP contribution in [0.1, 0.15) is 51.0 Å². The SMILES string of the molecule is [2H]c1c([2H])c([2H])c(C2(c3c([2H])c([2H])c([2H])c([2H])c3[2H])c3c([2H])c([2H])c([2H])c([2H])c3Oc3c([2H])c(-c4c([2H])c([2H])c([2H])c([2H])c4-c4cccc5c4oc4ccccc45)c([2H])c([2H])c32)c([2H])c1[2H]. The van der Waals surface area contributed by atoms with Gasteiger partial charge in [-0.15, -0.1) is 0 Å². The van der Waals surface area contributed by atoms with Crippen molar-refractivity contribution < 1.29 is 37.9 Å². The quantitative estimate of drug-likeness (QED) is 0.201. The molecule has 0 atom stereocenters. The summed E-state index contributed by atoms with van der Waals surface area (Å²) in [5.41, 5.74) is -7.84.